The molecule has 11 heavy (non-hydrogen) atoms. The zero-order chi connectivity index (χ0) is 8.69. The third-order valence-corrected chi connectivity index (χ3v) is 2.01. The van der Waals surface area contributed by atoms with Crippen LogP contribution in [0.25, 0.3) is 0 Å². The van der Waals surface area contributed by atoms with Crippen LogP contribution in [0.15, 0.2) is 0 Å². The highest BCUT2D eigenvalue weighted by atomic mass is 32.2. The van der Waals surface area contributed by atoms with Gasteiger partial charge in [0, 0.05) is 5.75 Å². The van der Waals surface area contributed by atoms with Crippen molar-refractivity contribution in [2.45, 2.75) is 20.0 Å². The standard InChI is InChI=1S/C7H14O3S/c1-3-11-5-4-10-6(2)7(8)9/h6H,3-5H2,1-2H3,(H,8,9). The molecule has 0 saturated carbocycles. The summed E-state index contributed by atoms with van der Waals surface area (Å²) in [5.41, 5.74) is 0. The van der Waals surface area contributed by atoms with Crippen LogP contribution in [0.3, 0.4) is 0 Å². The van der Waals surface area contributed by atoms with Crippen molar-refractivity contribution in [3.8, 4) is 0 Å². The topological polar surface area (TPSA) is 46.5 Å². The summed E-state index contributed by atoms with van der Waals surface area (Å²) < 4.78 is 4.99. The van der Waals surface area contributed by atoms with Crippen LogP contribution in [0.1, 0.15) is 13.8 Å². The molecule has 1 atom stereocenters. The minimum Gasteiger partial charge on any atom is -0.479 e. The van der Waals surface area contributed by atoms with Crippen molar-refractivity contribution in [3.63, 3.8) is 0 Å². The summed E-state index contributed by atoms with van der Waals surface area (Å²) in [7, 11) is 0. The van der Waals surface area contributed by atoms with Gasteiger partial charge in [0.2, 0.25) is 0 Å². The normalized spacial score (nSPS) is 12.9. The van der Waals surface area contributed by atoms with Crippen molar-refractivity contribution in [3.05, 3.63) is 0 Å². The number of thioether (sulfide) groups is 1. The lowest BCUT2D eigenvalue weighted by atomic mass is 10.4. The molecular formula is C7H14O3S. The van der Waals surface area contributed by atoms with Gasteiger partial charge in [-0.3, -0.25) is 0 Å². The van der Waals surface area contributed by atoms with E-state index < -0.39 is 12.1 Å². The van der Waals surface area contributed by atoms with Crippen LogP contribution in [-0.2, 0) is 9.53 Å². The fourth-order valence-corrected chi connectivity index (χ4v) is 1.00. The molecule has 4 heteroatoms. The van der Waals surface area contributed by atoms with Crippen LogP contribution >= 0.6 is 11.8 Å². The Hall–Kier alpha value is -0.220. The molecular weight excluding hydrogens is 164 g/mol. The van der Waals surface area contributed by atoms with Gasteiger partial charge in [0.15, 0.2) is 6.10 Å². The summed E-state index contributed by atoms with van der Waals surface area (Å²) in [5.74, 6) is 1.02. The number of carbonyl (C=O) groups is 1. The quantitative estimate of drug-likeness (QED) is 0.621. The SMILES string of the molecule is CCSCCOC(C)C(=O)O. The maximum absolute atomic E-state index is 10.2. The second-order valence-electron chi connectivity index (χ2n) is 2.05. The Kier molecular flexibility index (Phi) is 6.36. The van der Waals surface area contributed by atoms with E-state index in [0.717, 1.165) is 11.5 Å². The lowest BCUT2D eigenvalue weighted by Gasteiger charge is -2.06. The number of hydrogen-bond acceptors (Lipinski definition) is 3. The van der Waals surface area contributed by atoms with Gasteiger partial charge in [0.05, 0.1) is 6.61 Å². The predicted octanol–water partition coefficient (Wildman–Crippen LogP) is 1.23. The Balaban J connectivity index is 3.17. The molecule has 66 valence electrons. The molecule has 0 radical (unpaired) electrons. The highest BCUT2D eigenvalue weighted by Gasteiger charge is 2.09. The Morgan fingerprint density at radius 1 is 1.73 bits per heavy atom. The van der Waals surface area contributed by atoms with Gasteiger partial charge in [-0.1, -0.05) is 6.92 Å². The van der Waals surface area contributed by atoms with Gasteiger partial charge in [0.25, 0.3) is 0 Å². The molecule has 0 bridgehead atoms. The first-order valence-electron chi connectivity index (χ1n) is 3.60. The van der Waals surface area contributed by atoms with Crippen LogP contribution in [0.4, 0.5) is 0 Å². The third-order valence-electron chi connectivity index (χ3n) is 1.15. The van der Waals surface area contributed by atoms with E-state index in [1.165, 1.54) is 0 Å². The Morgan fingerprint density at radius 2 is 2.36 bits per heavy atom. The third kappa shape index (κ3) is 6.19. The summed E-state index contributed by atoms with van der Waals surface area (Å²) in [5, 5.41) is 8.41. The molecule has 0 amide bonds. The van der Waals surface area contributed by atoms with Gasteiger partial charge in [-0.05, 0) is 12.7 Å². The van der Waals surface area contributed by atoms with E-state index in [1.54, 1.807) is 18.7 Å². The number of aliphatic carboxylic acids is 1. The molecule has 0 aliphatic rings. The van der Waals surface area contributed by atoms with Gasteiger partial charge in [0.1, 0.15) is 0 Å². The molecule has 3 nitrogen and oxygen atoms in total. The maximum Gasteiger partial charge on any atom is 0.332 e. The summed E-state index contributed by atoms with van der Waals surface area (Å²) in [6.45, 7) is 4.12. The van der Waals surface area contributed by atoms with Crippen molar-refractivity contribution in [2.75, 3.05) is 18.1 Å². The van der Waals surface area contributed by atoms with Crippen molar-refractivity contribution in [1.29, 1.82) is 0 Å². The van der Waals surface area contributed by atoms with Crippen LogP contribution in [0, 0.1) is 0 Å². The van der Waals surface area contributed by atoms with Crippen LogP contribution in [-0.4, -0.2) is 35.3 Å². The second-order valence-corrected chi connectivity index (χ2v) is 3.44. The fourth-order valence-electron chi connectivity index (χ4n) is 0.499. The van der Waals surface area contributed by atoms with Gasteiger partial charge in [-0.15, -0.1) is 0 Å². The largest absolute Gasteiger partial charge is 0.479 e. The molecule has 0 aromatic heterocycles. The summed E-state index contributed by atoms with van der Waals surface area (Å²) in [6.07, 6.45) is -0.674. The Bertz CT molecular complexity index is 116. The van der Waals surface area contributed by atoms with E-state index in [9.17, 15) is 4.79 Å². The lowest BCUT2D eigenvalue weighted by Crippen LogP contribution is -2.20. The van der Waals surface area contributed by atoms with E-state index in [-0.39, 0.29) is 0 Å². The number of ether oxygens (including phenoxy) is 1. The average Bonchev–Trinajstić information content (AvgIpc) is 1.97. The van der Waals surface area contributed by atoms with Gasteiger partial charge in [-0.2, -0.15) is 11.8 Å². The highest BCUT2D eigenvalue weighted by Crippen LogP contribution is 1.99. The fraction of sp³-hybridized carbons (Fsp3) is 0.857. The highest BCUT2D eigenvalue weighted by molar-refractivity contribution is 7.99. The van der Waals surface area contributed by atoms with E-state index >= 15 is 0 Å². The molecule has 1 N–H and O–H groups in total. The molecule has 0 heterocycles. The summed E-state index contributed by atoms with van der Waals surface area (Å²) >= 11 is 1.74. The smallest absolute Gasteiger partial charge is 0.332 e. The molecule has 0 spiro atoms. The van der Waals surface area contributed by atoms with E-state index in [1.807, 2.05) is 0 Å². The summed E-state index contributed by atoms with van der Waals surface area (Å²) in [6, 6.07) is 0. The van der Waals surface area contributed by atoms with E-state index in [0.29, 0.717) is 6.61 Å². The number of carboxylic acids is 1. The van der Waals surface area contributed by atoms with Crippen molar-refractivity contribution >= 4 is 17.7 Å². The van der Waals surface area contributed by atoms with Crippen molar-refractivity contribution in [2.24, 2.45) is 0 Å². The Morgan fingerprint density at radius 3 is 2.82 bits per heavy atom. The molecule has 0 aliphatic heterocycles. The van der Waals surface area contributed by atoms with Crippen molar-refractivity contribution in [1.82, 2.24) is 0 Å². The molecule has 0 fully saturated rings. The van der Waals surface area contributed by atoms with Crippen LogP contribution in [0.5, 0.6) is 0 Å². The lowest BCUT2D eigenvalue weighted by molar-refractivity contribution is -0.148. The predicted molar refractivity (Wildman–Crippen MR) is 46.0 cm³/mol. The number of rotatable bonds is 6. The van der Waals surface area contributed by atoms with Gasteiger partial charge in [-0.25, -0.2) is 4.79 Å². The zero-order valence-corrected chi connectivity index (χ0v) is 7.69. The molecule has 0 aliphatic carbocycles. The van der Waals surface area contributed by atoms with Gasteiger partial charge < -0.3 is 9.84 Å². The Labute approximate surface area is 71.1 Å². The summed E-state index contributed by atoms with van der Waals surface area (Å²) in [4.78, 5) is 10.2. The molecule has 1 unspecified atom stereocenters. The molecule has 0 aromatic rings. The first-order valence-corrected chi connectivity index (χ1v) is 4.76. The first kappa shape index (κ1) is 10.8. The van der Waals surface area contributed by atoms with Crippen molar-refractivity contribution < 1.29 is 14.6 Å². The second kappa shape index (κ2) is 6.49. The van der Waals surface area contributed by atoms with E-state index in [2.05, 4.69) is 6.92 Å². The van der Waals surface area contributed by atoms with Crippen LogP contribution in [0.2, 0.25) is 0 Å². The minimum atomic E-state index is -0.897. The number of hydrogen-bond donors (Lipinski definition) is 1. The number of carboxylic acid groups (broad SMARTS) is 1. The minimum absolute atomic E-state index is 0.520. The molecule has 0 saturated heterocycles. The molecule has 0 aromatic carbocycles. The van der Waals surface area contributed by atoms with E-state index in [4.69, 9.17) is 9.84 Å². The van der Waals surface area contributed by atoms with Crippen LogP contribution < -0.4 is 0 Å². The molecule has 0 rings (SSSR count). The average molecular weight is 178 g/mol. The monoisotopic (exact) mass is 178 g/mol. The maximum atomic E-state index is 10.2. The van der Waals surface area contributed by atoms with Gasteiger partial charge >= 0.3 is 5.97 Å². The first-order chi connectivity index (χ1) is 5.18. The zero-order valence-electron chi connectivity index (χ0n) is 6.87.